The zero-order valence-electron chi connectivity index (χ0n) is 10.9. The summed E-state index contributed by atoms with van der Waals surface area (Å²) < 4.78 is 0. The zero-order valence-corrected chi connectivity index (χ0v) is 14.2. The summed E-state index contributed by atoms with van der Waals surface area (Å²) in [7, 11) is 0. The molecule has 2 aromatic rings. The molecule has 0 aliphatic carbocycles. The van der Waals surface area contributed by atoms with Crippen LogP contribution in [0.5, 0.6) is 0 Å². The first kappa shape index (κ1) is 22.2. The second kappa shape index (κ2) is 10.6. The number of guanidine groups is 1. The van der Waals surface area contributed by atoms with Crippen LogP contribution < -0.4 is 17.2 Å². The molecule has 118 valence electrons. The van der Waals surface area contributed by atoms with Crippen molar-refractivity contribution in [3.8, 4) is 11.4 Å². The molecule has 0 radical (unpaired) electrons. The summed E-state index contributed by atoms with van der Waals surface area (Å²) in [5.41, 5.74) is 18.6. The van der Waals surface area contributed by atoms with Crippen molar-refractivity contribution in [3.63, 3.8) is 0 Å². The predicted molar refractivity (Wildman–Crippen MR) is 95.3 cm³/mol. The standard InChI is InChI=1S/C11H14N6S.3ClH/c12-5-4-7-2-1-3-8(15-7)9-6-18-11(16-9)17-10(13)14;;;/h1-3,6H,4-5,12H2,(H4,13,14,16,17);3*1H. The highest BCUT2D eigenvalue weighted by Crippen LogP contribution is 2.25. The van der Waals surface area contributed by atoms with Crippen LogP contribution in [0.15, 0.2) is 28.6 Å². The van der Waals surface area contributed by atoms with Gasteiger partial charge < -0.3 is 17.2 Å². The van der Waals surface area contributed by atoms with Crippen molar-refractivity contribution >= 4 is 59.6 Å². The third-order valence-electron chi connectivity index (χ3n) is 2.19. The number of hydrogen-bond donors (Lipinski definition) is 3. The zero-order chi connectivity index (χ0) is 13.0. The van der Waals surface area contributed by atoms with Gasteiger partial charge in [-0.2, -0.15) is 4.99 Å². The van der Waals surface area contributed by atoms with Gasteiger partial charge in [0.2, 0.25) is 5.13 Å². The molecule has 0 amide bonds. The number of nitrogens with zero attached hydrogens (tertiary/aromatic N) is 3. The summed E-state index contributed by atoms with van der Waals surface area (Å²) in [6, 6.07) is 5.78. The molecule has 6 N–H and O–H groups in total. The molecule has 0 saturated carbocycles. The first-order valence-electron chi connectivity index (χ1n) is 5.40. The predicted octanol–water partition coefficient (Wildman–Crippen LogP) is 1.88. The Hall–Kier alpha value is -1.12. The summed E-state index contributed by atoms with van der Waals surface area (Å²) in [6.07, 6.45) is 0.749. The van der Waals surface area contributed by atoms with Gasteiger partial charge in [0, 0.05) is 17.5 Å². The summed E-state index contributed by atoms with van der Waals surface area (Å²) in [6.45, 7) is 0.576. The van der Waals surface area contributed by atoms with Crippen LogP contribution in [0.4, 0.5) is 5.13 Å². The molecule has 0 aliphatic heterocycles. The Kier molecular flexibility index (Phi) is 11.2. The molecule has 10 heteroatoms. The van der Waals surface area contributed by atoms with Crippen LogP contribution in [0, 0.1) is 0 Å². The number of nitrogens with two attached hydrogens (primary N) is 3. The van der Waals surface area contributed by atoms with E-state index in [0.717, 1.165) is 23.5 Å². The van der Waals surface area contributed by atoms with Crippen LogP contribution >= 0.6 is 48.6 Å². The summed E-state index contributed by atoms with van der Waals surface area (Å²) >= 11 is 1.37. The highest BCUT2D eigenvalue weighted by Gasteiger charge is 2.06. The molecule has 0 spiro atoms. The number of thiazole rings is 1. The van der Waals surface area contributed by atoms with Crippen molar-refractivity contribution < 1.29 is 0 Å². The fourth-order valence-corrected chi connectivity index (χ4v) is 2.15. The second-order valence-corrected chi connectivity index (χ2v) is 4.44. The van der Waals surface area contributed by atoms with E-state index in [1.807, 2.05) is 23.6 Å². The van der Waals surface area contributed by atoms with E-state index in [2.05, 4.69) is 15.0 Å². The molecule has 0 fully saturated rings. The molecule has 0 atom stereocenters. The van der Waals surface area contributed by atoms with Crippen LogP contribution in [-0.2, 0) is 6.42 Å². The molecule has 2 rings (SSSR count). The van der Waals surface area contributed by atoms with Gasteiger partial charge in [-0.3, -0.25) is 4.98 Å². The quantitative estimate of drug-likeness (QED) is 0.560. The van der Waals surface area contributed by atoms with Crippen molar-refractivity contribution in [2.24, 2.45) is 22.2 Å². The highest BCUT2D eigenvalue weighted by atomic mass is 35.5. The lowest BCUT2D eigenvalue weighted by molar-refractivity contribution is 0.924. The molecule has 0 bridgehead atoms. The van der Waals surface area contributed by atoms with E-state index in [0.29, 0.717) is 11.7 Å². The van der Waals surface area contributed by atoms with E-state index in [4.69, 9.17) is 17.2 Å². The average molecular weight is 372 g/mol. The minimum Gasteiger partial charge on any atom is -0.370 e. The molecule has 0 saturated heterocycles. The third-order valence-corrected chi connectivity index (χ3v) is 2.92. The Morgan fingerprint density at radius 2 is 1.81 bits per heavy atom. The van der Waals surface area contributed by atoms with E-state index in [9.17, 15) is 0 Å². The maximum atomic E-state index is 5.51. The first-order valence-corrected chi connectivity index (χ1v) is 6.28. The minimum absolute atomic E-state index is 0. The van der Waals surface area contributed by atoms with Gasteiger partial charge in [0.1, 0.15) is 5.69 Å². The molecular weight excluding hydrogens is 355 g/mol. The minimum atomic E-state index is 0. The van der Waals surface area contributed by atoms with Gasteiger partial charge in [-0.25, -0.2) is 4.98 Å². The number of aromatic nitrogens is 2. The molecule has 0 aliphatic rings. The lowest BCUT2D eigenvalue weighted by atomic mass is 10.2. The number of pyridine rings is 1. The molecule has 6 nitrogen and oxygen atoms in total. The summed E-state index contributed by atoms with van der Waals surface area (Å²) in [5, 5.41) is 2.40. The van der Waals surface area contributed by atoms with Gasteiger partial charge >= 0.3 is 0 Å². The Labute approximate surface area is 145 Å². The fourth-order valence-electron chi connectivity index (χ4n) is 1.45. The third kappa shape index (κ3) is 6.45. The lowest BCUT2D eigenvalue weighted by Gasteiger charge is -2.00. The van der Waals surface area contributed by atoms with Gasteiger partial charge in [0.05, 0.1) is 5.69 Å². The number of rotatable bonds is 4. The number of hydrogen-bond acceptors (Lipinski definition) is 5. The van der Waals surface area contributed by atoms with E-state index in [1.165, 1.54) is 11.3 Å². The van der Waals surface area contributed by atoms with Gasteiger partial charge in [-0.1, -0.05) is 6.07 Å². The van der Waals surface area contributed by atoms with Crippen LogP contribution in [-0.4, -0.2) is 22.5 Å². The Morgan fingerprint density at radius 1 is 1.10 bits per heavy atom. The Morgan fingerprint density at radius 3 is 2.43 bits per heavy atom. The average Bonchev–Trinajstić information content (AvgIpc) is 2.77. The monoisotopic (exact) mass is 370 g/mol. The maximum Gasteiger partial charge on any atom is 0.212 e. The van der Waals surface area contributed by atoms with Crippen LogP contribution in [0.2, 0.25) is 0 Å². The van der Waals surface area contributed by atoms with Crippen LogP contribution in [0.1, 0.15) is 5.69 Å². The van der Waals surface area contributed by atoms with Gasteiger partial charge in [-0.05, 0) is 18.7 Å². The fraction of sp³-hybridized carbons (Fsp3) is 0.182. The summed E-state index contributed by atoms with van der Waals surface area (Å²) in [4.78, 5) is 12.7. The number of aliphatic imine (C=N–C) groups is 1. The molecule has 0 aromatic carbocycles. The van der Waals surface area contributed by atoms with Crippen LogP contribution in [0.3, 0.4) is 0 Å². The van der Waals surface area contributed by atoms with Crippen molar-refractivity contribution in [2.45, 2.75) is 6.42 Å². The topological polar surface area (TPSA) is 116 Å². The Bertz CT molecular complexity index is 571. The van der Waals surface area contributed by atoms with Crippen molar-refractivity contribution in [3.05, 3.63) is 29.3 Å². The normalized spacial score (nSPS) is 8.81. The maximum absolute atomic E-state index is 5.51. The largest absolute Gasteiger partial charge is 0.370 e. The van der Waals surface area contributed by atoms with Gasteiger partial charge in [0.15, 0.2) is 5.96 Å². The van der Waals surface area contributed by atoms with E-state index < -0.39 is 0 Å². The molecule has 2 aromatic heterocycles. The van der Waals surface area contributed by atoms with Crippen molar-refractivity contribution in [2.75, 3.05) is 6.54 Å². The lowest BCUT2D eigenvalue weighted by Crippen LogP contribution is -2.21. The summed E-state index contributed by atoms with van der Waals surface area (Å²) in [5.74, 6) is 0.000687. The van der Waals surface area contributed by atoms with Gasteiger partial charge in [-0.15, -0.1) is 48.6 Å². The second-order valence-electron chi connectivity index (χ2n) is 3.60. The highest BCUT2D eigenvalue weighted by molar-refractivity contribution is 7.13. The van der Waals surface area contributed by atoms with Crippen molar-refractivity contribution in [1.29, 1.82) is 0 Å². The first-order chi connectivity index (χ1) is 8.69. The molecular formula is C11H17Cl3N6S. The molecule has 0 unspecified atom stereocenters. The molecule has 2 heterocycles. The van der Waals surface area contributed by atoms with E-state index >= 15 is 0 Å². The smallest absolute Gasteiger partial charge is 0.212 e. The SMILES string of the molecule is Cl.Cl.Cl.NCCc1cccc(-c2csc(N=C(N)N)n2)n1. The van der Waals surface area contributed by atoms with Crippen molar-refractivity contribution in [1.82, 2.24) is 9.97 Å². The number of halogens is 3. The van der Waals surface area contributed by atoms with E-state index in [1.54, 1.807) is 0 Å². The van der Waals surface area contributed by atoms with E-state index in [-0.39, 0.29) is 43.2 Å². The Balaban J connectivity index is 0. The van der Waals surface area contributed by atoms with Crippen LogP contribution in [0.25, 0.3) is 11.4 Å². The van der Waals surface area contributed by atoms with Gasteiger partial charge in [0.25, 0.3) is 0 Å². The molecule has 21 heavy (non-hydrogen) atoms.